The van der Waals surface area contributed by atoms with Crippen molar-refractivity contribution in [1.82, 2.24) is 6.15 Å². The van der Waals surface area contributed by atoms with Crippen molar-refractivity contribution in [2.75, 3.05) is 0 Å². The number of aliphatic hydroxyl groups excluding tert-OH is 1. The van der Waals surface area contributed by atoms with Gasteiger partial charge in [-0.15, -0.1) is 0 Å². The zero-order valence-corrected chi connectivity index (χ0v) is 11.8. The first-order chi connectivity index (χ1) is 4.37. The molecule has 0 aliphatic rings. The second-order valence-corrected chi connectivity index (χ2v) is 1.30. The SMILES string of the molecule is CC(O)C(=O)O.N.O=C(O)O.[Zr].[Zr]. The van der Waals surface area contributed by atoms with Crippen molar-refractivity contribution in [3.8, 4) is 0 Å². The van der Waals surface area contributed by atoms with Crippen LogP contribution in [-0.2, 0) is 57.2 Å². The van der Waals surface area contributed by atoms with Crippen LogP contribution in [0.25, 0.3) is 0 Å². The fraction of sp³-hybridized carbons (Fsp3) is 0.500. The molecule has 76 valence electrons. The number of hydrogen-bond donors (Lipinski definition) is 5. The van der Waals surface area contributed by atoms with Gasteiger partial charge in [0.2, 0.25) is 0 Å². The van der Waals surface area contributed by atoms with Crippen molar-refractivity contribution in [1.29, 1.82) is 0 Å². The van der Waals surface area contributed by atoms with Crippen LogP contribution in [0.4, 0.5) is 4.79 Å². The molecule has 0 radical (unpaired) electrons. The van der Waals surface area contributed by atoms with Crippen LogP contribution in [0, 0.1) is 0 Å². The van der Waals surface area contributed by atoms with Crippen LogP contribution >= 0.6 is 0 Å². The second-order valence-electron chi connectivity index (χ2n) is 1.30. The summed E-state index contributed by atoms with van der Waals surface area (Å²) in [5.74, 6) is -1.19. The quantitative estimate of drug-likeness (QED) is 0.440. The summed E-state index contributed by atoms with van der Waals surface area (Å²) in [6.45, 7) is 1.20. The molecule has 7 nitrogen and oxygen atoms in total. The molecule has 0 amide bonds. The van der Waals surface area contributed by atoms with E-state index in [9.17, 15) is 4.79 Å². The Bertz CT molecular complexity index is 126. The Balaban J connectivity index is -0.0000000279. The number of hydrogen-bond acceptors (Lipinski definition) is 4. The molecule has 0 aromatic carbocycles. The molecule has 0 rings (SSSR count). The fourth-order valence-corrected chi connectivity index (χ4v) is 0. The average molecular weight is 352 g/mol. The van der Waals surface area contributed by atoms with Crippen molar-refractivity contribution < 1.29 is 82.4 Å². The summed E-state index contributed by atoms with van der Waals surface area (Å²) in [5.41, 5.74) is 0. The van der Waals surface area contributed by atoms with Gasteiger partial charge in [-0.2, -0.15) is 0 Å². The van der Waals surface area contributed by atoms with Crippen LogP contribution in [0.3, 0.4) is 0 Å². The predicted molar refractivity (Wildman–Crippen MR) is 35.0 cm³/mol. The Kier molecular flexibility index (Phi) is 41.0. The Morgan fingerprint density at radius 2 is 1.15 bits per heavy atom. The molecule has 1 atom stereocenters. The zero-order valence-electron chi connectivity index (χ0n) is 6.89. The minimum Gasteiger partial charge on any atom is -0.479 e. The van der Waals surface area contributed by atoms with Crippen LogP contribution in [0.1, 0.15) is 6.92 Å². The van der Waals surface area contributed by atoms with Crippen LogP contribution < -0.4 is 6.15 Å². The van der Waals surface area contributed by atoms with Crippen molar-refractivity contribution >= 4 is 12.1 Å². The first-order valence-electron chi connectivity index (χ1n) is 2.20. The molecule has 0 bridgehead atoms. The van der Waals surface area contributed by atoms with Gasteiger partial charge in [0.25, 0.3) is 0 Å². The molecule has 0 fully saturated rings. The Labute approximate surface area is 113 Å². The van der Waals surface area contributed by atoms with E-state index in [1.54, 1.807) is 0 Å². The molecule has 13 heavy (non-hydrogen) atoms. The third-order valence-corrected chi connectivity index (χ3v) is 0.357. The summed E-state index contributed by atoms with van der Waals surface area (Å²) < 4.78 is 0. The number of aliphatic carboxylic acids is 1. The van der Waals surface area contributed by atoms with Crippen LogP contribution in [-0.4, -0.2) is 38.7 Å². The molecular weight excluding hydrogens is 340 g/mol. The summed E-state index contributed by atoms with van der Waals surface area (Å²) in [7, 11) is 0. The van der Waals surface area contributed by atoms with E-state index in [1.807, 2.05) is 0 Å². The van der Waals surface area contributed by atoms with Crippen LogP contribution in [0.2, 0.25) is 0 Å². The Morgan fingerprint density at radius 3 is 1.15 bits per heavy atom. The number of carboxylic acids is 1. The topological polar surface area (TPSA) is 150 Å². The summed E-state index contributed by atoms with van der Waals surface area (Å²) in [6.07, 6.45) is -3.06. The van der Waals surface area contributed by atoms with Gasteiger partial charge in [0, 0.05) is 52.4 Å². The average Bonchev–Trinajstić information content (AvgIpc) is 1.63. The van der Waals surface area contributed by atoms with E-state index < -0.39 is 18.2 Å². The second kappa shape index (κ2) is 18.3. The van der Waals surface area contributed by atoms with Crippen molar-refractivity contribution in [2.45, 2.75) is 13.0 Å². The van der Waals surface area contributed by atoms with Crippen molar-refractivity contribution in [3.63, 3.8) is 0 Å². The number of aliphatic hydroxyl groups is 1. The Hall–Kier alpha value is 0.426. The van der Waals surface area contributed by atoms with E-state index in [2.05, 4.69) is 0 Å². The molecule has 9 heteroatoms. The van der Waals surface area contributed by atoms with Gasteiger partial charge in [0.1, 0.15) is 6.10 Å². The van der Waals surface area contributed by atoms with E-state index in [-0.39, 0.29) is 58.6 Å². The van der Waals surface area contributed by atoms with Gasteiger partial charge in [-0.05, 0) is 6.92 Å². The van der Waals surface area contributed by atoms with E-state index >= 15 is 0 Å². The number of carboxylic acid groups (broad SMARTS) is 3. The first kappa shape index (κ1) is 29.2. The van der Waals surface area contributed by atoms with Crippen molar-refractivity contribution in [3.05, 3.63) is 0 Å². The zero-order chi connectivity index (χ0) is 8.73. The maximum absolute atomic E-state index is 9.45. The minimum absolute atomic E-state index is 0. The summed E-state index contributed by atoms with van der Waals surface area (Å²) in [4.78, 5) is 18.0. The maximum atomic E-state index is 9.45. The van der Waals surface area contributed by atoms with Gasteiger partial charge >= 0.3 is 12.1 Å². The van der Waals surface area contributed by atoms with E-state index in [1.165, 1.54) is 6.92 Å². The molecule has 1 unspecified atom stereocenters. The third-order valence-electron chi connectivity index (χ3n) is 0.357. The largest absolute Gasteiger partial charge is 0.503 e. The van der Waals surface area contributed by atoms with Gasteiger partial charge < -0.3 is 26.6 Å². The fourth-order valence-electron chi connectivity index (χ4n) is 0. The van der Waals surface area contributed by atoms with Gasteiger partial charge in [-0.3, -0.25) is 0 Å². The first-order valence-corrected chi connectivity index (χ1v) is 2.20. The third kappa shape index (κ3) is 68.9. The predicted octanol–water partition coefficient (Wildman–Crippen LogP) is -0.169. The van der Waals surface area contributed by atoms with E-state index in [0.29, 0.717) is 0 Å². The van der Waals surface area contributed by atoms with Gasteiger partial charge in [-0.1, -0.05) is 0 Å². The summed E-state index contributed by atoms with van der Waals surface area (Å²) in [5, 5.41) is 29.7. The molecule has 7 N–H and O–H groups in total. The molecule has 0 spiro atoms. The van der Waals surface area contributed by atoms with Crippen molar-refractivity contribution in [2.24, 2.45) is 0 Å². The number of carbonyl (C=O) groups is 2. The Morgan fingerprint density at radius 1 is 1.08 bits per heavy atom. The summed E-state index contributed by atoms with van der Waals surface area (Å²) in [6, 6.07) is 0. The molecule has 0 aliphatic carbocycles. The van der Waals surface area contributed by atoms with Crippen LogP contribution in [0.5, 0.6) is 0 Å². The molecule has 0 aliphatic heterocycles. The smallest absolute Gasteiger partial charge is 0.479 e. The molecule has 0 aromatic heterocycles. The minimum atomic E-state index is -1.83. The van der Waals surface area contributed by atoms with Gasteiger partial charge in [0.05, 0.1) is 0 Å². The van der Waals surface area contributed by atoms with Gasteiger partial charge in [-0.25, -0.2) is 9.59 Å². The van der Waals surface area contributed by atoms with Crippen LogP contribution in [0.15, 0.2) is 0 Å². The number of rotatable bonds is 1. The van der Waals surface area contributed by atoms with E-state index in [4.69, 9.17) is 25.2 Å². The monoisotopic (exact) mass is 349 g/mol. The summed E-state index contributed by atoms with van der Waals surface area (Å²) >= 11 is 0. The van der Waals surface area contributed by atoms with Gasteiger partial charge in [0.15, 0.2) is 0 Å². The molecule has 0 aromatic rings. The molecular formula is C4H11NO6Zr2. The van der Waals surface area contributed by atoms with E-state index in [0.717, 1.165) is 0 Å². The molecule has 0 heterocycles. The molecule has 0 saturated carbocycles. The standard InChI is InChI=1S/C3H6O3.CH2O3.H3N.2Zr/c1-2(4)3(5)6;2-1(3)4;;;/h2,4H,1H3,(H,5,6);(H2,2,3,4);1H3;;. The molecule has 0 saturated heterocycles. The normalized spacial score (nSPS) is 8.15. The maximum Gasteiger partial charge on any atom is 0.503 e.